The summed E-state index contributed by atoms with van der Waals surface area (Å²) < 4.78 is 5.50. The van der Waals surface area contributed by atoms with Gasteiger partial charge in [-0.1, -0.05) is 48.9 Å². The first-order valence-electron chi connectivity index (χ1n) is 7.69. The molecule has 2 aromatic rings. The smallest absolute Gasteiger partial charge is 0.277 e. The molecule has 0 aliphatic rings. The lowest BCUT2D eigenvalue weighted by Crippen LogP contribution is -2.24. The van der Waals surface area contributed by atoms with Crippen LogP contribution in [0.15, 0.2) is 47.6 Å². The zero-order valence-corrected chi connectivity index (χ0v) is 13.8. The quantitative estimate of drug-likeness (QED) is 0.657. The molecule has 0 bridgehead atoms. The van der Waals surface area contributed by atoms with E-state index in [0.717, 1.165) is 23.1 Å². The zero-order chi connectivity index (χ0) is 16.7. The summed E-state index contributed by atoms with van der Waals surface area (Å²) in [5.74, 6) is 0.427. The SMILES string of the molecule is CCc1ccc(/C=N/NC(=O)COc2ccc(C)cc2C)cc1. The average molecular weight is 310 g/mol. The van der Waals surface area contributed by atoms with Crippen molar-refractivity contribution in [3.8, 4) is 5.75 Å². The highest BCUT2D eigenvalue weighted by Crippen LogP contribution is 2.18. The number of rotatable bonds is 6. The summed E-state index contributed by atoms with van der Waals surface area (Å²) in [6.07, 6.45) is 2.62. The maximum Gasteiger partial charge on any atom is 0.277 e. The van der Waals surface area contributed by atoms with Crippen molar-refractivity contribution < 1.29 is 9.53 Å². The van der Waals surface area contributed by atoms with Gasteiger partial charge in [0.1, 0.15) is 5.75 Å². The second kappa shape index (κ2) is 8.13. The lowest BCUT2D eigenvalue weighted by Gasteiger charge is -2.08. The van der Waals surface area contributed by atoms with E-state index in [0.29, 0.717) is 5.75 Å². The van der Waals surface area contributed by atoms with Crippen LogP contribution in [0.5, 0.6) is 5.75 Å². The lowest BCUT2D eigenvalue weighted by molar-refractivity contribution is -0.123. The Hall–Kier alpha value is -2.62. The van der Waals surface area contributed by atoms with Gasteiger partial charge in [0, 0.05) is 0 Å². The molecule has 0 aliphatic carbocycles. The van der Waals surface area contributed by atoms with E-state index in [1.807, 2.05) is 56.3 Å². The van der Waals surface area contributed by atoms with Crippen molar-refractivity contribution in [1.82, 2.24) is 5.43 Å². The Bertz CT molecular complexity index is 691. The summed E-state index contributed by atoms with van der Waals surface area (Å²) >= 11 is 0. The number of carbonyl (C=O) groups is 1. The standard InChI is InChI=1S/C19H22N2O2/c1-4-16-6-8-17(9-7-16)12-20-21-19(22)13-23-18-10-5-14(2)11-15(18)3/h5-12H,4,13H2,1-3H3,(H,21,22)/b20-12+. The molecule has 2 rings (SSSR count). The van der Waals surface area contributed by atoms with Gasteiger partial charge in [0.25, 0.3) is 5.91 Å². The number of ether oxygens (including phenoxy) is 1. The minimum atomic E-state index is -0.286. The molecule has 0 spiro atoms. The number of hydrogen-bond donors (Lipinski definition) is 1. The molecule has 0 fully saturated rings. The van der Waals surface area contributed by atoms with Gasteiger partial charge in [0.05, 0.1) is 6.21 Å². The van der Waals surface area contributed by atoms with Crippen LogP contribution in [0.1, 0.15) is 29.2 Å². The third-order valence-corrected chi connectivity index (χ3v) is 3.48. The first kappa shape index (κ1) is 16.7. The van der Waals surface area contributed by atoms with E-state index in [1.165, 1.54) is 5.56 Å². The largest absolute Gasteiger partial charge is 0.483 e. The summed E-state index contributed by atoms with van der Waals surface area (Å²) in [6, 6.07) is 13.9. The van der Waals surface area contributed by atoms with Crippen LogP contribution in [-0.4, -0.2) is 18.7 Å². The van der Waals surface area contributed by atoms with E-state index in [4.69, 9.17) is 4.74 Å². The van der Waals surface area contributed by atoms with Crippen molar-refractivity contribution in [1.29, 1.82) is 0 Å². The number of nitrogens with zero attached hydrogens (tertiary/aromatic N) is 1. The molecule has 0 saturated heterocycles. The maximum atomic E-state index is 11.7. The fourth-order valence-electron chi connectivity index (χ4n) is 2.16. The van der Waals surface area contributed by atoms with Crippen LogP contribution >= 0.6 is 0 Å². The average Bonchev–Trinajstić information content (AvgIpc) is 2.54. The van der Waals surface area contributed by atoms with Gasteiger partial charge in [0.2, 0.25) is 0 Å². The molecule has 2 aromatic carbocycles. The predicted octanol–water partition coefficient (Wildman–Crippen LogP) is 3.39. The predicted molar refractivity (Wildman–Crippen MR) is 93.0 cm³/mol. The van der Waals surface area contributed by atoms with E-state index in [-0.39, 0.29) is 12.5 Å². The molecule has 0 heterocycles. The highest BCUT2D eigenvalue weighted by atomic mass is 16.5. The van der Waals surface area contributed by atoms with E-state index >= 15 is 0 Å². The van der Waals surface area contributed by atoms with E-state index in [2.05, 4.69) is 17.5 Å². The molecule has 23 heavy (non-hydrogen) atoms. The Labute approximate surface area is 137 Å². The van der Waals surface area contributed by atoms with Crippen LogP contribution in [0.2, 0.25) is 0 Å². The Morgan fingerprint density at radius 2 is 1.91 bits per heavy atom. The van der Waals surface area contributed by atoms with E-state index in [1.54, 1.807) is 6.21 Å². The van der Waals surface area contributed by atoms with E-state index in [9.17, 15) is 4.79 Å². The highest BCUT2D eigenvalue weighted by Gasteiger charge is 2.04. The molecule has 0 unspecified atom stereocenters. The molecule has 0 atom stereocenters. The second-order valence-electron chi connectivity index (χ2n) is 5.45. The molecule has 0 saturated carbocycles. The molecule has 1 amide bonds. The minimum absolute atomic E-state index is 0.0595. The van der Waals surface area contributed by atoms with Crippen molar-refractivity contribution in [2.24, 2.45) is 5.10 Å². The zero-order valence-electron chi connectivity index (χ0n) is 13.8. The van der Waals surface area contributed by atoms with Crippen LogP contribution in [0.25, 0.3) is 0 Å². The Morgan fingerprint density at radius 3 is 2.57 bits per heavy atom. The van der Waals surface area contributed by atoms with Crippen LogP contribution in [-0.2, 0) is 11.2 Å². The topological polar surface area (TPSA) is 50.7 Å². The maximum absolute atomic E-state index is 11.7. The number of nitrogens with one attached hydrogen (secondary N) is 1. The second-order valence-corrected chi connectivity index (χ2v) is 5.45. The van der Waals surface area contributed by atoms with Gasteiger partial charge in [-0.25, -0.2) is 5.43 Å². The number of amides is 1. The molecule has 1 N–H and O–H groups in total. The van der Waals surface area contributed by atoms with Gasteiger partial charge in [-0.3, -0.25) is 4.79 Å². The lowest BCUT2D eigenvalue weighted by atomic mass is 10.1. The van der Waals surface area contributed by atoms with Gasteiger partial charge in [-0.15, -0.1) is 0 Å². The van der Waals surface area contributed by atoms with Crippen LogP contribution in [0, 0.1) is 13.8 Å². The van der Waals surface area contributed by atoms with Gasteiger partial charge >= 0.3 is 0 Å². The first-order chi connectivity index (χ1) is 11.1. The van der Waals surface area contributed by atoms with Crippen LogP contribution in [0.4, 0.5) is 0 Å². The van der Waals surface area contributed by atoms with Crippen molar-refractivity contribution in [2.45, 2.75) is 27.2 Å². The number of aryl methyl sites for hydroxylation is 3. The van der Waals surface area contributed by atoms with Crippen molar-refractivity contribution in [3.63, 3.8) is 0 Å². The molecule has 120 valence electrons. The van der Waals surface area contributed by atoms with Crippen molar-refractivity contribution >= 4 is 12.1 Å². The molecular weight excluding hydrogens is 288 g/mol. The summed E-state index contributed by atoms with van der Waals surface area (Å²) in [5.41, 5.74) is 6.86. The fraction of sp³-hybridized carbons (Fsp3) is 0.263. The Kier molecular flexibility index (Phi) is 5.92. The van der Waals surface area contributed by atoms with E-state index < -0.39 is 0 Å². The molecule has 0 aliphatic heterocycles. The normalized spacial score (nSPS) is 10.7. The van der Waals surface area contributed by atoms with Crippen LogP contribution in [0.3, 0.4) is 0 Å². The van der Waals surface area contributed by atoms with Gasteiger partial charge in [-0.2, -0.15) is 5.10 Å². The molecule has 0 aromatic heterocycles. The van der Waals surface area contributed by atoms with Gasteiger partial charge in [0.15, 0.2) is 6.61 Å². The summed E-state index contributed by atoms with van der Waals surface area (Å²) in [5, 5.41) is 3.94. The summed E-state index contributed by atoms with van der Waals surface area (Å²) in [7, 11) is 0. The fourth-order valence-corrected chi connectivity index (χ4v) is 2.16. The third kappa shape index (κ3) is 5.25. The minimum Gasteiger partial charge on any atom is -0.483 e. The summed E-state index contributed by atoms with van der Waals surface area (Å²) in [6.45, 7) is 6.03. The number of benzene rings is 2. The number of carbonyl (C=O) groups excluding carboxylic acids is 1. The third-order valence-electron chi connectivity index (χ3n) is 3.48. The molecule has 4 heteroatoms. The molecule has 0 radical (unpaired) electrons. The monoisotopic (exact) mass is 310 g/mol. The number of hydrazone groups is 1. The first-order valence-corrected chi connectivity index (χ1v) is 7.69. The van der Waals surface area contributed by atoms with Gasteiger partial charge < -0.3 is 4.74 Å². The number of hydrogen-bond acceptors (Lipinski definition) is 3. The highest BCUT2D eigenvalue weighted by molar-refractivity contribution is 5.82. The Balaban J connectivity index is 1.81. The van der Waals surface area contributed by atoms with Crippen LogP contribution < -0.4 is 10.2 Å². The molecule has 4 nitrogen and oxygen atoms in total. The summed E-state index contributed by atoms with van der Waals surface area (Å²) in [4.78, 5) is 11.7. The Morgan fingerprint density at radius 1 is 1.17 bits per heavy atom. The molecular formula is C19H22N2O2. The van der Waals surface area contributed by atoms with Gasteiger partial charge in [-0.05, 0) is 43.0 Å². The van der Waals surface area contributed by atoms with Crippen molar-refractivity contribution in [3.05, 3.63) is 64.7 Å². The van der Waals surface area contributed by atoms with Crippen molar-refractivity contribution in [2.75, 3.05) is 6.61 Å².